The van der Waals surface area contributed by atoms with Gasteiger partial charge < -0.3 is 10.4 Å². The molecule has 0 amide bonds. The number of hydrogen-bond acceptors (Lipinski definition) is 3. The molecule has 0 saturated heterocycles. The number of likely N-dealkylation sites (N-methyl/N-ethyl adjacent to an activating group) is 1. The van der Waals surface area contributed by atoms with E-state index in [0.717, 1.165) is 5.56 Å². The number of aryl methyl sites for hydroxylation is 1. The van der Waals surface area contributed by atoms with Gasteiger partial charge in [-0.2, -0.15) is 5.10 Å². The number of aliphatic hydroxyl groups is 1. The summed E-state index contributed by atoms with van der Waals surface area (Å²) in [5.74, 6) is 0. The quantitative estimate of drug-likeness (QED) is 0.687. The predicted octanol–water partition coefficient (Wildman–Crippen LogP) is -0.0670. The van der Waals surface area contributed by atoms with E-state index in [1.165, 1.54) is 0 Å². The SMILES string of the molecule is CNCC(C)(O)Cc1cnn(C)c1. The normalized spacial score (nSPS) is 15.7. The maximum absolute atomic E-state index is 9.88. The predicted molar refractivity (Wildman–Crippen MR) is 51.5 cm³/mol. The van der Waals surface area contributed by atoms with Crippen LogP contribution in [-0.4, -0.2) is 34.1 Å². The minimum atomic E-state index is -0.697. The van der Waals surface area contributed by atoms with Crippen molar-refractivity contribution in [3.63, 3.8) is 0 Å². The van der Waals surface area contributed by atoms with E-state index in [4.69, 9.17) is 0 Å². The topological polar surface area (TPSA) is 50.1 Å². The van der Waals surface area contributed by atoms with Gasteiger partial charge in [0.05, 0.1) is 11.8 Å². The van der Waals surface area contributed by atoms with Crippen molar-refractivity contribution in [2.45, 2.75) is 18.9 Å². The van der Waals surface area contributed by atoms with Crippen molar-refractivity contribution in [2.24, 2.45) is 7.05 Å². The van der Waals surface area contributed by atoms with Gasteiger partial charge in [0.2, 0.25) is 0 Å². The summed E-state index contributed by atoms with van der Waals surface area (Å²) in [5, 5.41) is 16.9. The summed E-state index contributed by atoms with van der Waals surface area (Å²) in [6, 6.07) is 0. The molecular weight excluding hydrogens is 166 g/mol. The van der Waals surface area contributed by atoms with E-state index in [1.807, 2.05) is 27.2 Å². The third-order valence-electron chi connectivity index (χ3n) is 1.90. The van der Waals surface area contributed by atoms with Gasteiger partial charge in [0.15, 0.2) is 0 Å². The monoisotopic (exact) mass is 183 g/mol. The average molecular weight is 183 g/mol. The Bertz CT molecular complexity index is 268. The first-order valence-electron chi connectivity index (χ1n) is 4.38. The molecule has 74 valence electrons. The van der Waals surface area contributed by atoms with Crippen LogP contribution in [0.1, 0.15) is 12.5 Å². The van der Waals surface area contributed by atoms with Crippen LogP contribution < -0.4 is 5.32 Å². The molecule has 0 aromatic carbocycles. The van der Waals surface area contributed by atoms with Crippen LogP contribution in [0, 0.1) is 0 Å². The van der Waals surface area contributed by atoms with Crippen LogP contribution in [0.5, 0.6) is 0 Å². The minimum absolute atomic E-state index is 0.585. The summed E-state index contributed by atoms with van der Waals surface area (Å²) >= 11 is 0. The zero-order valence-corrected chi connectivity index (χ0v) is 8.41. The van der Waals surface area contributed by atoms with Crippen molar-refractivity contribution in [1.82, 2.24) is 15.1 Å². The molecule has 4 heteroatoms. The van der Waals surface area contributed by atoms with Crippen LogP contribution in [0.4, 0.5) is 0 Å². The van der Waals surface area contributed by atoms with Crippen LogP contribution in [0.2, 0.25) is 0 Å². The first kappa shape index (κ1) is 10.2. The summed E-state index contributed by atoms with van der Waals surface area (Å²) in [4.78, 5) is 0. The number of aromatic nitrogens is 2. The highest BCUT2D eigenvalue weighted by molar-refractivity contribution is 5.07. The van der Waals surface area contributed by atoms with Gasteiger partial charge in [-0.25, -0.2) is 0 Å². The molecule has 0 saturated carbocycles. The summed E-state index contributed by atoms with van der Waals surface area (Å²) < 4.78 is 1.74. The van der Waals surface area contributed by atoms with Gasteiger partial charge >= 0.3 is 0 Å². The second kappa shape index (κ2) is 3.89. The first-order valence-corrected chi connectivity index (χ1v) is 4.38. The fourth-order valence-corrected chi connectivity index (χ4v) is 1.45. The van der Waals surface area contributed by atoms with E-state index >= 15 is 0 Å². The van der Waals surface area contributed by atoms with Crippen molar-refractivity contribution in [3.8, 4) is 0 Å². The van der Waals surface area contributed by atoms with Gasteiger partial charge in [-0.05, 0) is 19.5 Å². The fraction of sp³-hybridized carbons (Fsp3) is 0.667. The maximum Gasteiger partial charge on any atom is 0.0784 e. The molecule has 0 aliphatic rings. The molecule has 1 rings (SSSR count). The van der Waals surface area contributed by atoms with Crippen LogP contribution in [0.3, 0.4) is 0 Å². The molecule has 4 nitrogen and oxygen atoms in total. The van der Waals surface area contributed by atoms with Gasteiger partial charge in [-0.3, -0.25) is 4.68 Å². The van der Waals surface area contributed by atoms with Crippen molar-refractivity contribution in [2.75, 3.05) is 13.6 Å². The largest absolute Gasteiger partial charge is 0.389 e. The Morgan fingerprint density at radius 2 is 2.38 bits per heavy atom. The molecule has 1 aromatic heterocycles. The third-order valence-corrected chi connectivity index (χ3v) is 1.90. The molecule has 0 spiro atoms. The molecule has 1 unspecified atom stereocenters. The first-order chi connectivity index (χ1) is 6.03. The Morgan fingerprint density at radius 3 is 2.85 bits per heavy atom. The number of nitrogens with zero attached hydrogens (tertiary/aromatic N) is 2. The van der Waals surface area contributed by atoms with Gasteiger partial charge in [-0.1, -0.05) is 0 Å². The lowest BCUT2D eigenvalue weighted by Crippen LogP contribution is -2.38. The number of hydrogen-bond donors (Lipinski definition) is 2. The summed E-state index contributed by atoms with van der Waals surface area (Å²) in [5.41, 5.74) is 0.361. The Morgan fingerprint density at radius 1 is 1.69 bits per heavy atom. The lowest BCUT2D eigenvalue weighted by molar-refractivity contribution is 0.0622. The molecule has 1 aromatic rings. The van der Waals surface area contributed by atoms with E-state index in [0.29, 0.717) is 13.0 Å². The Hall–Kier alpha value is -0.870. The second-order valence-electron chi connectivity index (χ2n) is 3.73. The van der Waals surface area contributed by atoms with Crippen molar-refractivity contribution in [3.05, 3.63) is 18.0 Å². The standard InChI is InChI=1S/C9H17N3O/c1-9(13,7-10-2)4-8-5-11-12(3)6-8/h5-6,10,13H,4,7H2,1-3H3. The number of nitrogens with one attached hydrogen (secondary N) is 1. The van der Waals surface area contributed by atoms with Gasteiger partial charge in [-0.15, -0.1) is 0 Å². The van der Waals surface area contributed by atoms with E-state index < -0.39 is 5.60 Å². The molecule has 0 aliphatic heterocycles. The van der Waals surface area contributed by atoms with Crippen LogP contribution >= 0.6 is 0 Å². The highest BCUT2D eigenvalue weighted by Gasteiger charge is 2.20. The maximum atomic E-state index is 9.88. The van der Waals surface area contributed by atoms with Gasteiger partial charge in [0.1, 0.15) is 0 Å². The van der Waals surface area contributed by atoms with E-state index in [9.17, 15) is 5.11 Å². The molecule has 0 bridgehead atoms. The van der Waals surface area contributed by atoms with E-state index in [2.05, 4.69) is 10.4 Å². The molecule has 13 heavy (non-hydrogen) atoms. The molecule has 0 aliphatic carbocycles. The highest BCUT2D eigenvalue weighted by Crippen LogP contribution is 2.10. The number of rotatable bonds is 4. The van der Waals surface area contributed by atoms with Crippen molar-refractivity contribution < 1.29 is 5.11 Å². The summed E-state index contributed by atoms with van der Waals surface area (Å²) in [7, 11) is 3.70. The molecule has 0 fully saturated rings. The van der Waals surface area contributed by atoms with E-state index in [-0.39, 0.29) is 0 Å². The third kappa shape index (κ3) is 3.16. The summed E-state index contributed by atoms with van der Waals surface area (Å²) in [6.07, 6.45) is 4.33. The molecule has 1 atom stereocenters. The molecule has 1 heterocycles. The Balaban J connectivity index is 2.57. The van der Waals surface area contributed by atoms with Crippen molar-refractivity contribution in [1.29, 1.82) is 0 Å². The lowest BCUT2D eigenvalue weighted by atomic mass is 9.99. The molecule has 0 radical (unpaired) electrons. The zero-order valence-electron chi connectivity index (χ0n) is 8.41. The Labute approximate surface area is 78.6 Å². The van der Waals surface area contributed by atoms with E-state index in [1.54, 1.807) is 10.9 Å². The van der Waals surface area contributed by atoms with Crippen LogP contribution in [-0.2, 0) is 13.5 Å². The molecular formula is C9H17N3O. The van der Waals surface area contributed by atoms with Crippen LogP contribution in [0.15, 0.2) is 12.4 Å². The highest BCUT2D eigenvalue weighted by atomic mass is 16.3. The Kier molecular flexibility index (Phi) is 3.06. The lowest BCUT2D eigenvalue weighted by Gasteiger charge is -2.21. The minimum Gasteiger partial charge on any atom is -0.389 e. The van der Waals surface area contributed by atoms with Gasteiger partial charge in [0.25, 0.3) is 0 Å². The fourth-order valence-electron chi connectivity index (χ4n) is 1.45. The second-order valence-corrected chi connectivity index (χ2v) is 3.73. The van der Waals surface area contributed by atoms with Crippen molar-refractivity contribution >= 4 is 0 Å². The smallest absolute Gasteiger partial charge is 0.0784 e. The zero-order chi connectivity index (χ0) is 9.90. The average Bonchev–Trinajstić information content (AvgIpc) is 2.34. The summed E-state index contributed by atoms with van der Waals surface area (Å²) in [6.45, 7) is 2.40. The van der Waals surface area contributed by atoms with Crippen LogP contribution in [0.25, 0.3) is 0 Å². The molecule has 2 N–H and O–H groups in total. The van der Waals surface area contributed by atoms with Gasteiger partial charge in [0, 0.05) is 26.2 Å².